The highest BCUT2D eigenvalue weighted by Gasteiger charge is 2.31. The molecule has 1 fully saturated rings. The van der Waals surface area contributed by atoms with Gasteiger partial charge in [-0.25, -0.2) is 13.2 Å². The van der Waals surface area contributed by atoms with Crippen LogP contribution in [0, 0.1) is 24.4 Å². The number of likely N-dealkylation sites (tertiary alicyclic amines) is 1. The Morgan fingerprint density at radius 3 is 2.61 bits per heavy atom. The number of aryl methyl sites for hydroxylation is 1. The van der Waals surface area contributed by atoms with E-state index in [9.17, 15) is 18.0 Å². The standard InChI is InChI=1S/C17H15F3N2O/c1-10-7-21-3-2-11(10)8-22-9-13(6-16(22)23)12-4-14(18)17(20)15(19)5-12/h2-5,7,13H,6,8-9H2,1H3/t13-/m1/s1. The largest absolute Gasteiger partial charge is 0.338 e. The van der Waals surface area contributed by atoms with Crippen molar-refractivity contribution >= 4 is 5.91 Å². The lowest BCUT2D eigenvalue weighted by atomic mass is 9.98. The fourth-order valence-corrected chi connectivity index (χ4v) is 2.84. The van der Waals surface area contributed by atoms with Gasteiger partial charge >= 0.3 is 0 Å². The van der Waals surface area contributed by atoms with Gasteiger partial charge in [0.05, 0.1) is 0 Å². The summed E-state index contributed by atoms with van der Waals surface area (Å²) in [6.07, 6.45) is 3.54. The molecular formula is C17H15F3N2O. The van der Waals surface area contributed by atoms with Crippen molar-refractivity contribution in [1.82, 2.24) is 9.88 Å². The summed E-state index contributed by atoms with van der Waals surface area (Å²) >= 11 is 0. The summed E-state index contributed by atoms with van der Waals surface area (Å²) in [5.41, 5.74) is 2.26. The third-order valence-corrected chi connectivity index (χ3v) is 4.19. The third-order valence-electron chi connectivity index (χ3n) is 4.19. The van der Waals surface area contributed by atoms with Gasteiger partial charge in [0.2, 0.25) is 5.91 Å². The fourth-order valence-electron chi connectivity index (χ4n) is 2.84. The molecule has 0 unspecified atom stereocenters. The zero-order valence-corrected chi connectivity index (χ0v) is 12.5. The lowest BCUT2D eigenvalue weighted by Crippen LogP contribution is -2.24. The molecule has 2 heterocycles. The van der Waals surface area contributed by atoms with Crippen LogP contribution in [0.3, 0.4) is 0 Å². The minimum atomic E-state index is -1.48. The van der Waals surface area contributed by atoms with E-state index >= 15 is 0 Å². The first-order valence-electron chi connectivity index (χ1n) is 7.27. The number of pyridine rings is 1. The Balaban J connectivity index is 1.79. The quantitative estimate of drug-likeness (QED) is 0.813. The molecule has 0 aliphatic carbocycles. The Bertz CT molecular complexity index is 740. The summed E-state index contributed by atoms with van der Waals surface area (Å²) in [5.74, 6) is -4.36. The van der Waals surface area contributed by atoms with Crippen LogP contribution >= 0.6 is 0 Å². The molecule has 23 heavy (non-hydrogen) atoms. The van der Waals surface area contributed by atoms with Gasteiger partial charge in [0.1, 0.15) is 0 Å². The van der Waals surface area contributed by atoms with Crippen LogP contribution < -0.4 is 0 Å². The molecule has 0 spiro atoms. The first-order valence-corrected chi connectivity index (χ1v) is 7.27. The van der Waals surface area contributed by atoms with E-state index in [-0.39, 0.29) is 18.2 Å². The van der Waals surface area contributed by atoms with E-state index in [1.807, 2.05) is 13.0 Å². The van der Waals surface area contributed by atoms with Crippen LogP contribution in [0.5, 0.6) is 0 Å². The van der Waals surface area contributed by atoms with E-state index in [4.69, 9.17) is 0 Å². The maximum Gasteiger partial charge on any atom is 0.223 e. The zero-order chi connectivity index (χ0) is 16.6. The van der Waals surface area contributed by atoms with Gasteiger partial charge in [0.25, 0.3) is 0 Å². The van der Waals surface area contributed by atoms with Gasteiger partial charge in [-0.2, -0.15) is 0 Å². The summed E-state index contributed by atoms with van der Waals surface area (Å²) in [7, 11) is 0. The van der Waals surface area contributed by atoms with Crippen molar-refractivity contribution in [3.8, 4) is 0 Å². The van der Waals surface area contributed by atoms with Gasteiger partial charge in [-0.3, -0.25) is 9.78 Å². The van der Waals surface area contributed by atoms with Crippen molar-refractivity contribution in [1.29, 1.82) is 0 Å². The van der Waals surface area contributed by atoms with Crippen LogP contribution in [-0.2, 0) is 11.3 Å². The molecule has 120 valence electrons. The summed E-state index contributed by atoms with van der Waals surface area (Å²) in [6, 6.07) is 3.78. The number of carbonyl (C=O) groups is 1. The van der Waals surface area contributed by atoms with Gasteiger partial charge in [-0.1, -0.05) is 0 Å². The lowest BCUT2D eigenvalue weighted by molar-refractivity contribution is -0.128. The van der Waals surface area contributed by atoms with Crippen molar-refractivity contribution in [2.45, 2.75) is 25.8 Å². The number of nitrogens with zero attached hydrogens (tertiary/aromatic N) is 2. The number of hydrogen-bond donors (Lipinski definition) is 0. The maximum atomic E-state index is 13.4. The molecule has 1 atom stereocenters. The molecule has 0 bridgehead atoms. The van der Waals surface area contributed by atoms with Gasteiger partial charge in [0, 0.05) is 37.8 Å². The van der Waals surface area contributed by atoms with Gasteiger partial charge in [0.15, 0.2) is 17.5 Å². The van der Waals surface area contributed by atoms with Crippen molar-refractivity contribution in [3.05, 3.63) is 64.7 Å². The third kappa shape index (κ3) is 3.06. The van der Waals surface area contributed by atoms with Crippen LogP contribution in [0.1, 0.15) is 29.0 Å². The van der Waals surface area contributed by atoms with Crippen LogP contribution in [0.25, 0.3) is 0 Å². The van der Waals surface area contributed by atoms with E-state index in [1.54, 1.807) is 17.3 Å². The molecule has 1 amide bonds. The Morgan fingerprint density at radius 1 is 1.26 bits per heavy atom. The van der Waals surface area contributed by atoms with E-state index < -0.39 is 17.5 Å². The smallest absolute Gasteiger partial charge is 0.223 e. The highest BCUT2D eigenvalue weighted by Crippen LogP contribution is 2.31. The monoisotopic (exact) mass is 320 g/mol. The number of carbonyl (C=O) groups excluding carboxylic acids is 1. The fraction of sp³-hybridized carbons (Fsp3) is 0.294. The van der Waals surface area contributed by atoms with Crippen molar-refractivity contribution < 1.29 is 18.0 Å². The van der Waals surface area contributed by atoms with Gasteiger partial charge in [-0.05, 0) is 41.8 Å². The Hall–Kier alpha value is -2.37. The molecule has 1 aromatic heterocycles. The van der Waals surface area contributed by atoms with Gasteiger partial charge < -0.3 is 4.90 Å². The second-order valence-electron chi connectivity index (χ2n) is 5.78. The molecule has 1 aliphatic heterocycles. The van der Waals surface area contributed by atoms with Crippen molar-refractivity contribution in [2.24, 2.45) is 0 Å². The molecule has 1 saturated heterocycles. The number of amides is 1. The SMILES string of the molecule is Cc1cnccc1CN1C[C@H](c2cc(F)c(F)c(F)c2)CC1=O. The highest BCUT2D eigenvalue weighted by atomic mass is 19.2. The van der Waals surface area contributed by atoms with Crippen LogP contribution in [0.15, 0.2) is 30.6 Å². The van der Waals surface area contributed by atoms with Crippen molar-refractivity contribution in [2.75, 3.05) is 6.54 Å². The second kappa shape index (κ2) is 6.02. The topological polar surface area (TPSA) is 33.2 Å². The van der Waals surface area contributed by atoms with Crippen LogP contribution in [-0.4, -0.2) is 22.3 Å². The molecule has 1 aromatic carbocycles. The lowest BCUT2D eigenvalue weighted by Gasteiger charge is -2.18. The van der Waals surface area contributed by atoms with Crippen LogP contribution in [0.2, 0.25) is 0 Å². The Labute approximate surface area is 131 Å². The normalized spacial score (nSPS) is 17.8. The number of aromatic nitrogens is 1. The summed E-state index contributed by atoms with van der Waals surface area (Å²) in [6.45, 7) is 2.69. The molecule has 0 N–H and O–H groups in total. The molecule has 1 aliphatic rings. The molecule has 6 heteroatoms. The highest BCUT2D eigenvalue weighted by molar-refractivity contribution is 5.79. The molecule has 3 nitrogen and oxygen atoms in total. The molecule has 0 saturated carbocycles. The second-order valence-corrected chi connectivity index (χ2v) is 5.78. The van der Waals surface area contributed by atoms with Crippen molar-refractivity contribution in [3.63, 3.8) is 0 Å². The van der Waals surface area contributed by atoms with E-state index in [2.05, 4.69) is 4.98 Å². The predicted molar refractivity (Wildman–Crippen MR) is 78.1 cm³/mol. The Kier molecular flexibility index (Phi) is 4.07. The molecule has 2 aromatic rings. The van der Waals surface area contributed by atoms with E-state index in [0.717, 1.165) is 23.3 Å². The maximum absolute atomic E-state index is 13.4. The average molecular weight is 320 g/mol. The van der Waals surface area contributed by atoms with Crippen LogP contribution in [0.4, 0.5) is 13.2 Å². The molecule has 3 rings (SSSR count). The number of rotatable bonds is 3. The number of hydrogen-bond acceptors (Lipinski definition) is 2. The Morgan fingerprint density at radius 2 is 1.96 bits per heavy atom. The summed E-state index contributed by atoms with van der Waals surface area (Å²) in [5, 5.41) is 0. The zero-order valence-electron chi connectivity index (χ0n) is 12.5. The molecule has 0 radical (unpaired) electrons. The van der Waals surface area contributed by atoms with Gasteiger partial charge in [-0.15, -0.1) is 0 Å². The molecular weight excluding hydrogens is 305 g/mol. The predicted octanol–water partition coefficient (Wildman–Crippen LogP) is 3.32. The first kappa shape index (κ1) is 15.5. The summed E-state index contributed by atoms with van der Waals surface area (Å²) < 4.78 is 39.8. The average Bonchev–Trinajstić information content (AvgIpc) is 2.88. The van der Waals surface area contributed by atoms with E-state index in [0.29, 0.717) is 18.7 Å². The van der Waals surface area contributed by atoms with E-state index in [1.165, 1.54) is 0 Å². The summed E-state index contributed by atoms with van der Waals surface area (Å²) in [4.78, 5) is 17.8. The number of benzene rings is 1. The number of halogens is 3. The first-order chi connectivity index (χ1) is 11.0. The minimum Gasteiger partial charge on any atom is -0.338 e. The minimum absolute atomic E-state index is 0.0867.